The molecule has 0 radical (unpaired) electrons. The lowest BCUT2D eigenvalue weighted by atomic mass is 10.1. The van der Waals surface area contributed by atoms with Gasteiger partial charge in [0, 0.05) is 18.8 Å². The molecule has 0 spiro atoms. The number of piperidine rings is 1. The van der Waals surface area contributed by atoms with E-state index in [9.17, 15) is 4.39 Å². The summed E-state index contributed by atoms with van der Waals surface area (Å²) in [5.74, 6) is 0.781. The van der Waals surface area contributed by atoms with Crippen LogP contribution in [0.1, 0.15) is 26.0 Å². The number of nitrogens with zero attached hydrogens (tertiary/aromatic N) is 4. The minimum atomic E-state index is -0.909. The number of hydrazine groups is 2. The molecule has 0 saturated carbocycles. The van der Waals surface area contributed by atoms with Crippen molar-refractivity contribution >= 4 is 17.6 Å². The van der Waals surface area contributed by atoms with E-state index in [0.29, 0.717) is 19.5 Å². The van der Waals surface area contributed by atoms with Crippen LogP contribution in [0.2, 0.25) is 0 Å². The van der Waals surface area contributed by atoms with Crippen LogP contribution in [0.15, 0.2) is 35.7 Å². The first kappa shape index (κ1) is 17.7. The van der Waals surface area contributed by atoms with Gasteiger partial charge in [0.15, 0.2) is 0 Å². The van der Waals surface area contributed by atoms with E-state index in [4.69, 9.17) is 4.74 Å². The van der Waals surface area contributed by atoms with E-state index in [-0.39, 0.29) is 12.1 Å². The molecular weight excluding hydrogens is 349 g/mol. The lowest BCUT2D eigenvalue weighted by Crippen LogP contribution is -2.58. The number of imidazole rings is 1. The van der Waals surface area contributed by atoms with Crippen LogP contribution >= 0.6 is 0 Å². The van der Waals surface area contributed by atoms with Gasteiger partial charge in [-0.05, 0) is 39.0 Å². The highest BCUT2D eigenvalue weighted by Crippen LogP contribution is 2.21. The van der Waals surface area contributed by atoms with Crippen LogP contribution in [-0.4, -0.2) is 52.2 Å². The number of hydrazone groups is 1. The molecule has 1 saturated heterocycles. The second-order valence-corrected chi connectivity index (χ2v) is 6.91. The molecule has 9 heteroatoms. The number of aromatic nitrogens is 2. The zero-order valence-corrected chi connectivity index (χ0v) is 15.4. The summed E-state index contributed by atoms with van der Waals surface area (Å²) >= 11 is 0. The number of fused-ring (bicyclic) bond motifs is 1. The molecule has 2 aromatic rings. The maximum atomic E-state index is 14.1. The van der Waals surface area contributed by atoms with E-state index in [2.05, 4.69) is 26.3 Å². The summed E-state index contributed by atoms with van der Waals surface area (Å²) in [4.78, 5) is 4.46. The standard InChI is InChI=1S/C18H24FN7O/c1-12(2)27-13-5-8-25-17(11-21-18(25)9-13)15-4-7-22-26(23-15)24-16-10-20-6-3-14(16)19/h4-5,7-9,11-12,14,16,20,23-24H,3,6,10H2,1-2H3/t14-,16-/m0/s1. The van der Waals surface area contributed by atoms with Gasteiger partial charge >= 0.3 is 0 Å². The lowest BCUT2D eigenvalue weighted by molar-refractivity contribution is 0.0732. The molecule has 8 nitrogen and oxygen atoms in total. The number of nitrogens with one attached hydrogen (secondary N) is 3. The van der Waals surface area contributed by atoms with Gasteiger partial charge in [-0.15, -0.1) is 10.3 Å². The highest BCUT2D eigenvalue weighted by molar-refractivity contribution is 5.84. The van der Waals surface area contributed by atoms with E-state index >= 15 is 0 Å². The van der Waals surface area contributed by atoms with Gasteiger partial charge in [-0.2, -0.15) is 5.43 Å². The van der Waals surface area contributed by atoms with E-state index in [1.165, 1.54) is 5.23 Å². The predicted octanol–water partition coefficient (Wildman–Crippen LogP) is 1.47. The molecule has 0 unspecified atom stereocenters. The molecule has 2 aliphatic rings. The summed E-state index contributed by atoms with van der Waals surface area (Å²) < 4.78 is 21.7. The number of hydrogen-bond acceptors (Lipinski definition) is 7. The number of ether oxygens (including phenoxy) is 1. The second-order valence-electron chi connectivity index (χ2n) is 6.91. The highest BCUT2D eigenvalue weighted by Gasteiger charge is 2.27. The van der Waals surface area contributed by atoms with Crippen molar-refractivity contribution in [3.05, 3.63) is 36.3 Å². The first-order valence-electron chi connectivity index (χ1n) is 9.16. The third-order valence-electron chi connectivity index (χ3n) is 4.47. The Hall–Kier alpha value is -2.65. The maximum Gasteiger partial charge on any atom is 0.140 e. The summed E-state index contributed by atoms with van der Waals surface area (Å²) in [6, 6.07) is 3.48. The third kappa shape index (κ3) is 3.88. The van der Waals surface area contributed by atoms with Crippen molar-refractivity contribution in [3.63, 3.8) is 0 Å². The lowest BCUT2D eigenvalue weighted by Gasteiger charge is -2.33. The van der Waals surface area contributed by atoms with Crippen LogP contribution < -0.4 is 20.9 Å². The Morgan fingerprint density at radius 3 is 3.11 bits per heavy atom. The van der Waals surface area contributed by atoms with Gasteiger partial charge in [0.2, 0.25) is 0 Å². The zero-order chi connectivity index (χ0) is 18.8. The average Bonchev–Trinajstić information content (AvgIpc) is 3.07. The van der Waals surface area contributed by atoms with Crippen LogP contribution in [0.3, 0.4) is 0 Å². The molecule has 2 aromatic heterocycles. The SMILES string of the molecule is CC(C)Oc1ccn2c(C3=CC=NN(N[C@H]4CNCC[C@@H]4F)N3)cnc2c1. The largest absolute Gasteiger partial charge is 0.491 e. The van der Waals surface area contributed by atoms with Crippen LogP contribution in [-0.2, 0) is 0 Å². The van der Waals surface area contributed by atoms with Crippen molar-refractivity contribution in [2.45, 2.75) is 38.6 Å². The molecule has 0 aliphatic carbocycles. The van der Waals surface area contributed by atoms with Crippen molar-refractivity contribution in [3.8, 4) is 5.75 Å². The molecule has 4 heterocycles. The number of rotatable bonds is 5. The first-order valence-corrected chi connectivity index (χ1v) is 9.16. The quantitative estimate of drug-likeness (QED) is 0.737. The Labute approximate surface area is 157 Å². The van der Waals surface area contributed by atoms with Crippen molar-refractivity contribution < 1.29 is 9.13 Å². The zero-order valence-electron chi connectivity index (χ0n) is 15.4. The van der Waals surface area contributed by atoms with Crippen molar-refractivity contribution in [1.29, 1.82) is 0 Å². The molecule has 0 amide bonds. The molecule has 0 bridgehead atoms. The second kappa shape index (κ2) is 7.53. The average molecular weight is 373 g/mol. The summed E-state index contributed by atoms with van der Waals surface area (Å²) in [5, 5.41) is 8.85. The van der Waals surface area contributed by atoms with Crippen molar-refractivity contribution in [1.82, 2.24) is 30.8 Å². The van der Waals surface area contributed by atoms with Crippen LogP contribution in [0.5, 0.6) is 5.75 Å². The molecule has 4 rings (SSSR count). The van der Waals surface area contributed by atoms with Crippen LogP contribution in [0, 0.1) is 0 Å². The Kier molecular flexibility index (Phi) is 4.95. The van der Waals surface area contributed by atoms with Gasteiger partial charge in [0.05, 0.1) is 35.9 Å². The molecule has 144 valence electrons. The normalized spacial score (nSPS) is 22.8. The molecule has 0 aromatic carbocycles. The molecular formula is C18H24FN7O. The van der Waals surface area contributed by atoms with E-state index < -0.39 is 6.17 Å². The van der Waals surface area contributed by atoms with Gasteiger partial charge in [-0.25, -0.2) is 9.37 Å². The van der Waals surface area contributed by atoms with Crippen molar-refractivity contribution in [2.24, 2.45) is 5.10 Å². The number of hydrogen-bond donors (Lipinski definition) is 3. The maximum absolute atomic E-state index is 14.1. The number of pyridine rings is 1. The first-order chi connectivity index (χ1) is 13.1. The van der Waals surface area contributed by atoms with E-state index in [0.717, 1.165) is 22.8 Å². The molecule has 27 heavy (non-hydrogen) atoms. The monoisotopic (exact) mass is 373 g/mol. The summed E-state index contributed by atoms with van der Waals surface area (Å²) in [6.07, 6.45) is 6.91. The van der Waals surface area contributed by atoms with Crippen LogP contribution in [0.25, 0.3) is 11.3 Å². The number of allylic oxidation sites excluding steroid dienone is 1. The molecule has 3 N–H and O–H groups in total. The summed E-state index contributed by atoms with van der Waals surface area (Å²) in [5.41, 5.74) is 8.70. The van der Waals surface area contributed by atoms with E-state index in [1.807, 2.05) is 42.7 Å². The van der Waals surface area contributed by atoms with Gasteiger partial charge in [-0.3, -0.25) is 9.83 Å². The van der Waals surface area contributed by atoms with E-state index in [1.54, 1.807) is 12.4 Å². The minimum absolute atomic E-state index is 0.106. The Bertz CT molecular complexity index is 863. The van der Waals surface area contributed by atoms with Gasteiger partial charge in [0.25, 0.3) is 0 Å². The fourth-order valence-electron chi connectivity index (χ4n) is 3.18. The fourth-order valence-corrected chi connectivity index (χ4v) is 3.18. The van der Waals surface area contributed by atoms with Gasteiger partial charge in [-0.1, -0.05) is 0 Å². The smallest absolute Gasteiger partial charge is 0.140 e. The number of halogens is 1. The fraction of sp³-hybridized carbons (Fsp3) is 0.444. The van der Waals surface area contributed by atoms with Crippen molar-refractivity contribution in [2.75, 3.05) is 13.1 Å². The molecule has 1 fully saturated rings. The molecule has 2 atom stereocenters. The molecule has 2 aliphatic heterocycles. The van der Waals surface area contributed by atoms with Gasteiger partial charge in [0.1, 0.15) is 17.6 Å². The Balaban J connectivity index is 1.50. The summed E-state index contributed by atoms with van der Waals surface area (Å²) in [7, 11) is 0. The minimum Gasteiger partial charge on any atom is -0.491 e. The highest BCUT2D eigenvalue weighted by atomic mass is 19.1. The Morgan fingerprint density at radius 1 is 1.41 bits per heavy atom. The van der Waals surface area contributed by atoms with Crippen LogP contribution in [0.4, 0.5) is 4.39 Å². The number of alkyl halides is 1. The Morgan fingerprint density at radius 2 is 2.30 bits per heavy atom. The third-order valence-corrected chi connectivity index (χ3v) is 4.47. The van der Waals surface area contributed by atoms with Gasteiger partial charge < -0.3 is 10.1 Å². The predicted molar refractivity (Wildman–Crippen MR) is 102 cm³/mol. The summed E-state index contributed by atoms with van der Waals surface area (Å²) in [6.45, 7) is 5.24. The topological polar surface area (TPSA) is 78.2 Å².